The molecule has 0 saturated carbocycles. The summed E-state index contributed by atoms with van der Waals surface area (Å²) in [6.07, 6.45) is -4.09. The van der Waals surface area contributed by atoms with Crippen molar-refractivity contribution in [2.75, 3.05) is 20.3 Å². The van der Waals surface area contributed by atoms with Gasteiger partial charge in [-0.1, -0.05) is 87.5 Å². The van der Waals surface area contributed by atoms with Gasteiger partial charge in [0.25, 0.3) is 0 Å². The van der Waals surface area contributed by atoms with Crippen LogP contribution in [0.1, 0.15) is 66.1 Å². The maximum absolute atomic E-state index is 15.0. The van der Waals surface area contributed by atoms with Crippen molar-refractivity contribution in [2.24, 2.45) is 5.41 Å². The molecule has 55 heavy (non-hydrogen) atoms. The number of carbonyl (C=O) groups is 2. The largest absolute Gasteiger partial charge is 0.453 e. The van der Waals surface area contributed by atoms with Crippen LogP contribution in [0.2, 0.25) is 0 Å². The molecule has 2 aromatic heterocycles. The third-order valence-electron chi connectivity index (χ3n) is 9.05. The summed E-state index contributed by atoms with van der Waals surface area (Å²) in [5, 5.41) is 15.8. The molecule has 10 nitrogen and oxygen atoms in total. The summed E-state index contributed by atoms with van der Waals surface area (Å²) in [4.78, 5) is 30.6. The zero-order chi connectivity index (χ0) is 40.0. The maximum Gasteiger partial charge on any atom is 0.413 e. The molecule has 3 aromatic carbocycles. The number of thiophene rings is 1. The average Bonchev–Trinajstić information content (AvgIpc) is 3.64. The molecule has 2 heterocycles. The fourth-order valence-electron chi connectivity index (χ4n) is 6.19. The van der Waals surface area contributed by atoms with Gasteiger partial charge in [0.05, 0.1) is 30.2 Å². The van der Waals surface area contributed by atoms with E-state index < -0.39 is 58.9 Å². The van der Waals surface area contributed by atoms with Gasteiger partial charge >= 0.3 is 12.3 Å². The summed E-state index contributed by atoms with van der Waals surface area (Å²) < 4.78 is 79.4. The summed E-state index contributed by atoms with van der Waals surface area (Å²) in [7, 11) is -3.23. The van der Waals surface area contributed by atoms with Crippen molar-refractivity contribution < 1.29 is 41.0 Å². The van der Waals surface area contributed by atoms with Gasteiger partial charge in [-0.25, -0.2) is 13.2 Å². The topological polar surface area (TPSA) is 138 Å². The summed E-state index contributed by atoms with van der Waals surface area (Å²) in [6, 6.07) is 22.1. The molecule has 292 valence electrons. The lowest BCUT2D eigenvalue weighted by Gasteiger charge is -2.32. The number of ether oxygens (including phenoxy) is 1. The van der Waals surface area contributed by atoms with Crippen molar-refractivity contribution in [3.05, 3.63) is 130 Å². The van der Waals surface area contributed by atoms with E-state index in [1.165, 1.54) is 18.2 Å². The highest BCUT2D eigenvalue weighted by Gasteiger charge is 2.46. The Hall–Kier alpha value is -4.83. The number of rotatable bonds is 14. The molecule has 0 aliphatic rings. The number of halogens is 3. The van der Waals surface area contributed by atoms with E-state index in [1.807, 2.05) is 20.8 Å². The van der Waals surface area contributed by atoms with Gasteiger partial charge in [-0.05, 0) is 59.4 Å². The predicted octanol–water partition coefficient (Wildman–Crippen LogP) is 7.73. The molecule has 0 saturated heterocycles. The number of methoxy groups -OCH3 is 1. The lowest BCUT2D eigenvalue weighted by molar-refractivity contribution is -0.163. The minimum absolute atomic E-state index is 0.0456. The highest BCUT2D eigenvalue weighted by molar-refractivity contribution is 7.89. The first-order valence-electron chi connectivity index (χ1n) is 17.4. The van der Waals surface area contributed by atoms with Gasteiger partial charge in [0.2, 0.25) is 15.9 Å². The Morgan fingerprint density at radius 3 is 2.05 bits per heavy atom. The number of hydrogen-bond donors (Lipinski definition) is 3. The van der Waals surface area contributed by atoms with Crippen molar-refractivity contribution in [3.63, 3.8) is 0 Å². The third kappa shape index (κ3) is 10.1. The molecule has 5 rings (SSSR count). The lowest BCUT2D eigenvalue weighted by atomic mass is 9.84. The van der Waals surface area contributed by atoms with E-state index >= 15 is 0 Å². The standard InChI is InChI=1S/C40H43F3N4O6S2/c1-39(2,3)21-23-47(55(51,52)29-17-18-30-28(24-29)16-11-22-44-30)31(25-48)32-19-20-33(54-32)36(40(41,42)43)46-37(49)35(45-38(50)53-4)34(26-12-7-5-8-13-26)27-14-9-6-10-15-27/h5-20,22,24,31,34-36,48H,21,23,25H2,1-4H3,(H,45,50)(H,46,49)/t31-,35+,36-/m1/s1. The number of nitrogens with zero attached hydrogens (tertiary/aromatic N) is 2. The van der Waals surface area contributed by atoms with Crippen molar-refractivity contribution >= 4 is 44.3 Å². The quantitative estimate of drug-likeness (QED) is 0.105. The van der Waals surface area contributed by atoms with E-state index in [1.54, 1.807) is 85.1 Å². The maximum atomic E-state index is 15.0. The zero-order valence-corrected chi connectivity index (χ0v) is 32.3. The van der Waals surface area contributed by atoms with Crippen LogP contribution in [0, 0.1) is 5.41 Å². The number of aliphatic hydroxyl groups excluding tert-OH is 1. The van der Waals surface area contributed by atoms with Crippen molar-refractivity contribution in [1.29, 1.82) is 0 Å². The first kappa shape index (κ1) is 41.3. The minimum Gasteiger partial charge on any atom is -0.453 e. The van der Waals surface area contributed by atoms with E-state index in [0.29, 0.717) is 39.8 Å². The summed E-state index contributed by atoms with van der Waals surface area (Å²) in [5.41, 5.74) is 1.35. The van der Waals surface area contributed by atoms with E-state index in [4.69, 9.17) is 4.74 Å². The number of sulfonamides is 1. The predicted molar refractivity (Wildman–Crippen MR) is 205 cm³/mol. The van der Waals surface area contributed by atoms with Crippen LogP contribution in [-0.2, 0) is 19.6 Å². The molecule has 15 heteroatoms. The number of carbonyl (C=O) groups excluding carboxylic acids is 2. The number of amides is 2. The Morgan fingerprint density at radius 1 is 0.873 bits per heavy atom. The van der Waals surface area contributed by atoms with Crippen LogP contribution in [0.5, 0.6) is 0 Å². The number of aliphatic hydroxyl groups is 1. The molecule has 2 amide bonds. The highest BCUT2D eigenvalue weighted by Crippen LogP contribution is 2.41. The van der Waals surface area contributed by atoms with Crippen LogP contribution in [0.15, 0.2) is 114 Å². The van der Waals surface area contributed by atoms with Crippen LogP contribution < -0.4 is 10.6 Å². The van der Waals surface area contributed by atoms with Gasteiger partial charge in [-0.15, -0.1) is 11.3 Å². The normalized spacial score (nSPS) is 14.1. The Morgan fingerprint density at radius 2 is 1.49 bits per heavy atom. The second-order valence-corrected chi connectivity index (χ2v) is 17.2. The molecule has 0 aliphatic heterocycles. The van der Waals surface area contributed by atoms with Crippen molar-refractivity contribution in [3.8, 4) is 0 Å². The number of benzene rings is 3. The zero-order valence-electron chi connectivity index (χ0n) is 30.7. The van der Waals surface area contributed by atoms with Gasteiger partial charge in [0, 0.05) is 33.8 Å². The van der Waals surface area contributed by atoms with Crippen LogP contribution in [0.3, 0.4) is 0 Å². The van der Waals surface area contributed by atoms with Gasteiger partial charge < -0.3 is 20.5 Å². The molecule has 3 N–H and O–H groups in total. The Labute approximate surface area is 322 Å². The van der Waals surface area contributed by atoms with E-state index in [2.05, 4.69) is 15.6 Å². The van der Waals surface area contributed by atoms with Crippen LogP contribution >= 0.6 is 11.3 Å². The lowest BCUT2D eigenvalue weighted by Crippen LogP contribution is -2.52. The molecule has 3 atom stereocenters. The Bertz CT molecular complexity index is 2140. The molecule has 5 aromatic rings. The molecular formula is C40H43F3N4O6S2. The van der Waals surface area contributed by atoms with E-state index in [0.717, 1.165) is 17.5 Å². The number of alkyl carbamates (subject to hydrolysis) is 1. The SMILES string of the molecule is COC(=O)N[C@H](C(=O)N[C@H](c1ccc([C@@H](CO)N(CCC(C)(C)C)S(=O)(=O)c2ccc3ncccc3c2)s1)C(F)(F)F)C(c1ccccc1)c1ccccc1. The summed E-state index contributed by atoms with van der Waals surface area (Å²) >= 11 is 0.626. The molecule has 0 unspecified atom stereocenters. The van der Waals surface area contributed by atoms with Crippen molar-refractivity contribution in [2.45, 2.75) is 62.3 Å². The Kier molecular flexibility index (Phi) is 13.0. The number of pyridine rings is 1. The minimum atomic E-state index is -5.02. The summed E-state index contributed by atoms with van der Waals surface area (Å²) in [5.74, 6) is -2.06. The fourth-order valence-corrected chi connectivity index (χ4v) is 9.09. The Balaban J connectivity index is 1.52. The number of nitrogens with one attached hydrogen (secondary N) is 2. The number of fused-ring (bicyclic) bond motifs is 1. The average molecular weight is 797 g/mol. The van der Waals surface area contributed by atoms with Crippen LogP contribution in [0.25, 0.3) is 10.9 Å². The highest BCUT2D eigenvalue weighted by atomic mass is 32.2. The number of hydrogen-bond acceptors (Lipinski definition) is 8. The molecule has 0 radical (unpaired) electrons. The van der Waals surface area contributed by atoms with Gasteiger partial charge in [0.1, 0.15) is 6.04 Å². The molecule has 0 spiro atoms. The molecule has 0 fully saturated rings. The summed E-state index contributed by atoms with van der Waals surface area (Å²) in [6.45, 7) is 5.00. The first-order valence-corrected chi connectivity index (χ1v) is 19.7. The number of aromatic nitrogens is 1. The molecule has 0 aliphatic carbocycles. The number of alkyl halides is 3. The second kappa shape index (κ2) is 17.3. The first-order chi connectivity index (χ1) is 26.0. The molecule has 0 bridgehead atoms. The third-order valence-corrected chi connectivity index (χ3v) is 12.2. The second-order valence-electron chi connectivity index (χ2n) is 14.1. The van der Waals surface area contributed by atoms with Crippen LogP contribution in [-0.4, -0.2) is 67.3 Å². The molecular weight excluding hydrogens is 754 g/mol. The monoisotopic (exact) mass is 796 g/mol. The van der Waals surface area contributed by atoms with Gasteiger partial charge in [-0.3, -0.25) is 9.78 Å². The fraction of sp³-hybridized carbons (Fsp3) is 0.325. The van der Waals surface area contributed by atoms with Crippen molar-refractivity contribution in [1.82, 2.24) is 19.9 Å². The van der Waals surface area contributed by atoms with Crippen LogP contribution in [0.4, 0.5) is 18.0 Å². The smallest absolute Gasteiger partial charge is 0.413 e. The van der Waals surface area contributed by atoms with Gasteiger partial charge in [-0.2, -0.15) is 17.5 Å². The van der Waals surface area contributed by atoms with E-state index in [9.17, 15) is 36.3 Å². The van der Waals surface area contributed by atoms with Gasteiger partial charge in [0.15, 0.2) is 6.04 Å². The van der Waals surface area contributed by atoms with E-state index in [-0.39, 0.29) is 26.6 Å².